The Kier molecular flexibility index (Phi) is 4.78. The van der Waals surface area contributed by atoms with Crippen molar-refractivity contribution in [3.05, 3.63) is 0 Å². The van der Waals surface area contributed by atoms with Crippen molar-refractivity contribution in [2.24, 2.45) is 22.1 Å². The van der Waals surface area contributed by atoms with Crippen LogP contribution < -0.4 is 5.73 Å². The summed E-state index contributed by atoms with van der Waals surface area (Å²) in [7, 11) is 0. The Morgan fingerprint density at radius 3 is 2.93 bits per heavy atom. The third-order valence-corrected chi connectivity index (χ3v) is 4.23. The van der Waals surface area contributed by atoms with Crippen LogP contribution in [0.15, 0.2) is 4.99 Å². The van der Waals surface area contributed by atoms with Crippen LogP contribution in [-0.2, 0) is 0 Å². The summed E-state index contributed by atoms with van der Waals surface area (Å²) in [4.78, 5) is 4.45. The standard InChI is InChI=1S/C11H20N2S.ClH/c12-10(7-14)13-8-11-4-1-2-9(6-11)3-5-11;/h9,14H,1-8H2,(H2,12,13);1H. The molecule has 2 atom stereocenters. The van der Waals surface area contributed by atoms with Gasteiger partial charge in [-0.2, -0.15) is 12.6 Å². The summed E-state index contributed by atoms with van der Waals surface area (Å²) in [5.74, 6) is 2.30. The van der Waals surface area contributed by atoms with Crippen LogP contribution in [0.1, 0.15) is 38.5 Å². The summed E-state index contributed by atoms with van der Waals surface area (Å²) < 4.78 is 0. The van der Waals surface area contributed by atoms with Crippen LogP contribution in [0.25, 0.3) is 0 Å². The molecule has 2 bridgehead atoms. The van der Waals surface area contributed by atoms with Crippen molar-refractivity contribution in [1.82, 2.24) is 0 Å². The van der Waals surface area contributed by atoms with Gasteiger partial charge in [0.15, 0.2) is 0 Å². The zero-order chi connectivity index (χ0) is 10.0. The van der Waals surface area contributed by atoms with Crippen LogP contribution in [-0.4, -0.2) is 18.1 Å². The van der Waals surface area contributed by atoms with Gasteiger partial charge in [0.25, 0.3) is 0 Å². The van der Waals surface area contributed by atoms with Crippen LogP contribution in [0, 0.1) is 11.3 Å². The molecule has 0 amide bonds. The number of thiol groups is 1. The van der Waals surface area contributed by atoms with Crippen molar-refractivity contribution in [3.63, 3.8) is 0 Å². The van der Waals surface area contributed by atoms with Crippen molar-refractivity contribution in [1.29, 1.82) is 0 Å². The Hall–Kier alpha value is 0.110. The number of nitrogens with zero attached hydrogens (tertiary/aromatic N) is 1. The zero-order valence-corrected chi connectivity index (χ0v) is 10.8. The summed E-state index contributed by atoms with van der Waals surface area (Å²) in [6.45, 7) is 0.954. The summed E-state index contributed by atoms with van der Waals surface area (Å²) in [5.41, 5.74) is 6.22. The van der Waals surface area contributed by atoms with E-state index in [2.05, 4.69) is 17.6 Å². The molecule has 2 aliphatic rings. The topological polar surface area (TPSA) is 38.4 Å². The predicted octanol–water partition coefficient (Wildman–Crippen LogP) is 2.67. The highest BCUT2D eigenvalue weighted by Gasteiger charge is 2.41. The molecule has 0 heterocycles. The van der Waals surface area contributed by atoms with Gasteiger partial charge in [0.2, 0.25) is 0 Å². The molecule has 4 heteroatoms. The average molecular weight is 249 g/mol. The van der Waals surface area contributed by atoms with Gasteiger partial charge in [0, 0.05) is 12.3 Å². The second-order valence-corrected chi connectivity index (χ2v) is 5.28. The maximum Gasteiger partial charge on any atom is 0.103 e. The van der Waals surface area contributed by atoms with Gasteiger partial charge in [-0.05, 0) is 37.0 Å². The highest BCUT2D eigenvalue weighted by molar-refractivity contribution is 7.81. The lowest BCUT2D eigenvalue weighted by atomic mass is 9.76. The fourth-order valence-corrected chi connectivity index (χ4v) is 3.21. The van der Waals surface area contributed by atoms with Crippen molar-refractivity contribution in [3.8, 4) is 0 Å². The Labute approximate surface area is 104 Å². The first-order chi connectivity index (χ1) is 6.74. The molecule has 0 aromatic heterocycles. The summed E-state index contributed by atoms with van der Waals surface area (Å²) in [6, 6.07) is 0. The van der Waals surface area contributed by atoms with E-state index in [1.807, 2.05) is 0 Å². The van der Waals surface area contributed by atoms with Crippen molar-refractivity contribution in [2.45, 2.75) is 38.5 Å². The first-order valence-electron chi connectivity index (χ1n) is 5.64. The minimum absolute atomic E-state index is 0. The minimum atomic E-state index is 0. The van der Waals surface area contributed by atoms with Gasteiger partial charge >= 0.3 is 0 Å². The van der Waals surface area contributed by atoms with E-state index in [4.69, 9.17) is 5.73 Å². The highest BCUT2D eigenvalue weighted by Crippen LogP contribution is 2.51. The number of hydrogen-bond acceptors (Lipinski definition) is 2. The first kappa shape index (κ1) is 13.2. The molecule has 0 saturated heterocycles. The third kappa shape index (κ3) is 3.04. The lowest BCUT2D eigenvalue weighted by Gasteiger charge is -2.31. The molecule has 2 unspecified atom stereocenters. The fraction of sp³-hybridized carbons (Fsp3) is 0.909. The van der Waals surface area contributed by atoms with Crippen LogP contribution in [0.4, 0.5) is 0 Å². The van der Waals surface area contributed by atoms with Crippen molar-refractivity contribution >= 4 is 30.9 Å². The Morgan fingerprint density at radius 2 is 2.20 bits per heavy atom. The lowest BCUT2D eigenvalue weighted by Crippen LogP contribution is -2.26. The molecule has 2 saturated carbocycles. The second-order valence-electron chi connectivity index (χ2n) is 4.97. The zero-order valence-electron chi connectivity index (χ0n) is 9.11. The van der Waals surface area contributed by atoms with E-state index in [-0.39, 0.29) is 12.4 Å². The monoisotopic (exact) mass is 248 g/mol. The summed E-state index contributed by atoms with van der Waals surface area (Å²) in [6.07, 6.45) is 8.43. The Balaban J connectivity index is 0.00000112. The first-order valence-corrected chi connectivity index (χ1v) is 6.27. The lowest BCUT2D eigenvalue weighted by molar-refractivity contribution is 0.221. The molecule has 0 spiro atoms. The maximum absolute atomic E-state index is 5.69. The van der Waals surface area contributed by atoms with E-state index in [0.29, 0.717) is 17.0 Å². The molecular formula is C11H21ClN2S. The molecule has 88 valence electrons. The van der Waals surface area contributed by atoms with Gasteiger partial charge in [-0.15, -0.1) is 12.4 Å². The number of hydrogen-bond donors (Lipinski definition) is 2. The van der Waals surface area contributed by atoms with E-state index in [1.54, 1.807) is 0 Å². The van der Waals surface area contributed by atoms with E-state index in [9.17, 15) is 0 Å². The fourth-order valence-electron chi connectivity index (χ4n) is 3.11. The maximum atomic E-state index is 5.69. The van der Waals surface area contributed by atoms with Gasteiger partial charge < -0.3 is 5.73 Å². The van der Waals surface area contributed by atoms with Gasteiger partial charge in [0.05, 0.1) is 0 Å². The van der Waals surface area contributed by atoms with Gasteiger partial charge in [-0.25, -0.2) is 0 Å². The van der Waals surface area contributed by atoms with Gasteiger partial charge in [-0.1, -0.05) is 12.8 Å². The normalized spacial score (nSPS) is 35.0. The molecule has 0 aromatic carbocycles. The summed E-state index contributed by atoms with van der Waals surface area (Å²) in [5, 5.41) is 0. The molecule has 0 radical (unpaired) electrons. The van der Waals surface area contributed by atoms with Gasteiger partial charge in [0.1, 0.15) is 5.84 Å². The number of nitrogens with two attached hydrogens (primary N) is 1. The number of fused-ring (bicyclic) bond motifs is 2. The summed E-state index contributed by atoms with van der Waals surface area (Å²) >= 11 is 4.12. The quantitative estimate of drug-likeness (QED) is 0.450. The van der Waals surface area contributed by atoms with Crippen LogP contribution in [0.2, 0.25) is 0 Å². The third-order valence-electron chi connectivity index (χ3n) is 3.90. The number of amidine groups is 1. The molecule has 2 fully saturated rings. The molecule has 2 aliphatic carbocycles. The van der Waals surface area contributed by atoms with E-state index >= 15 is 0 Å². The Bertz CT molecular complexity index is 241. The Morgan fingerprint density at radius 1 is 1.40 bits per heavy atom. The molecule has 15 heavy (non-hydrogen) atoms. The largest absolute Gasteiger partial charge is 0.387 e. The minimum Gasteiger partial charge on any atom is -0.387 e. The van der Waals surface area contributed by atoms with E-state index in [1.165, 1.54) is 38.5 Å². The molecule has 0 aromatic rings. The van der Waals surface area contributed by atoms with E-state index in [0.717, 1.165) is 12.5 Å². The average Bonchev–Trinajstić information content (AvgIpc) is 2.51. The van der Waals surface area contributed by atoms with E-state index < -0.39 is 0 Å². The molecule has 2 nitrogen and oxygen atoms in total. The molecule has 0 aliphatic heterocycles. The second kappa shape index (κ2) is 5.44. The SMILES string of the molecule is Cl.NC(CS)=NCC12CCCC(CC1)C2. The van der Waals surface area contributed by atoms with Crippen LogP contribution in [0.3, 0.4) is 0 Å². The number of rotatable bonds is 3. The molecular weight excluding hydrogens is 228 g/mol. The predicted molar refractivity (Wildman–Crippen MR) is 71.2 cm³/mol. The van der Waals surface area contributed by atoms with Crippen molar-refractivity contribution < 1.29 is 0 Å². The smallest absolute Gasteiger partial charge is 0.103 e. The number of halogens is 1. The number of aliphatic imine (C=N–C) groups is 1. The van der Waals surface area contributed by atoms with Crippen LogP contribution in [0.5, 0.6) is 0 Å². The van der Waals surface area contributed by atoms with Crippen LogP contribution >= 0.6 is 25.0 Å². The highest BCUT2D eigenvalue weighted by atomic mass is 35.5. The molecule has 2 rings (SSSR count). The molecule has 2 N–H and O–H groups in total. The van der Waals surface area contributed by atoms with Crippen molar-refractivity contribution in [2.75, 3.05) is 12.3 Å². The van der Waals surface area contributed by atoms with Gasteiger partial charge in [-0.3, -0.25) is 4.99 Å².